The lowest BCUT2D eigenvalue weighted by Gasteiger charge is -2.09. The van der Waals surface area contributed by atoms with Gasteiger partial charge in [0.1, 0.15) is 6.33 Å². The molecule has 0 unspecified atom stereocenters. The summed E-state index contributed by atoms with van der Waals surface area (Å²) in [7, 11) is 0. The molecule has 23 heavy (non-hydrogen) atoms. The largest absolute Gasteiger partial charge is 0.424 e. The Kier molecular flexibility index (Phi) is 4.68. The minimum atomic E-state index is -0.0216. The highest BCUT2D eigenvalue weighted by Crippen LogP contribution is 2.34. The third-order valence-electron chi connectivity index (χ3n) is 3.36. The van der Waals surface area contributed by atoms with E-state index in [9.17, 15) is 0 Å². The molecule has 3 rings (SSSR count). The summed E-state index contributed by atoms with van der Waals surface area (Å²) >= 11 is 7.72. The molecule has 8 heteroatoms. The van der Waals surface area contributed by atoms with Crippen molar-refractivity contribution in [3.63, 3.8) is 0 Å². The molecule has 0 saturated carbocycles. The van der Waals surface area contributed by atoms with Gasteiger partial charge in [-0.25, -0.2) is 0 Å². The summed E-state index contributed by atoms with van der Waals surface area (Å²) in [6.45, 7) is 5.95. The Morgan fingerprint density at radius 3 is 2.83 bits per heavy atom. The molecule has 6 nitrogen and oxygen atoms in total. The van der Waals surface area contributed by atoms with Gasteiger partial charge in [0.2, 0.25) is 11.8 Å². The van der Waals surface area contributed by atoms with Crippen LogP contribution in [0.3, 0.4) is 0 Å². The van der Waals surface area contributed by atoms with E-state index in [0.717, 1.165) is 22.8 Å². The van der Waals surface area contributed by atoms with Crippen LogP contribution in [0.15, 0.2) is 34.1 Å². The fraction of sp³-hybridized carbons (Fsp3) is 0.333. The first-order chi connectivity index (χ1) is 11.1. The molecular weight excluding hydrogens is 334 g/mol. The molecular formula is C15H16ClN5OS. The number of halogens is 1. The fourth-order valence-corrected chi connectivity index (χ4v) is 3.04. The highest BCUT2D eigenvalue weighted by molar-refractivity contribution is 7.99. The fourth-order valence-electron chi connectivity index (χ4n) is 2.00. The van der Waals surface area contributed by atoms with E-state index in [0.29, 0.717) is 16.8 Å². The Labute approximate surface area is 143 Å². The molecule has 1 aromatic carbocycles. The van der Waals surface area contributed by atoms with Gasteiger partial charge in [-0.05, 0) is 31.5 Å². The summed E-state index contributed by atoms with van der Waals surface area (Å²) in [4.78, 5) is 0. The third-order valence-corrected chi connectivity index (χ3v) is 4.82. The number of aromatic nitrogens is 5. The number of rotatable bonds is 5. The SMILES string of the molecule is CCc1nnc([C@@H](C)Sc2nncn2-c2ccc(C)c(Cl)c2)o1. The smallest absolute Gasteiger partial charge is 0.229 e. The molecule has 3 aromatic rings. The molecule has 1 atom stereocenters. The molecule has 0 spiro atoms. The predicted molar refractivity (Wildman–Crippen MR) is 89.1 cm³/mol. The van der Waals surface area contributed by atoms with Gasteiger partial charge >= 0.3 is 0 Å². The zero-order chi connectivity index (χ0) is 16.4. The van der Waals surface area contributed by atoms with Crippen molar-refractivity contribution in [3.05, 3.63) is 46.9 Å². The van der Waals surface area contributed by atoms with Crippen LogP contribution in [0.2, 0.25) is 5.02 Å². The van der Waals surface area contributed by atoms with Gasteiger partial charge in [0.25, 0.3) is 0 Å². The lowest BCUT2D eigenvalue weighted by Crippen LogP contribution is -1.98. The van der Waals surface area contributed by atoms with Gasteiger partial charge in [-0.1, -0.05) is 36.4 Å². The minimum absolute atomic E-state index is 0.0216. The lowest BCUT2D eigenvalue weighted by molar-refractivity contribution is 0.456. The first-order valence-corrected chi connectivity index (χ1v) is 8.49. The molecule has 2 heterocycles. The van der Waals surface area contributed by atoms with Crippen LogP contribution in [0, 0.1) is 6.92 Å². The van der Waals surface area contributed by atoms with E-state index in [4.69, 9.17) is 16.0 Å². The van der Waals surface area contributed by atoms with Crippen molar-refractivity contribution in [3.8, 4) is 5.69 Å². The predicted octanol–water partition coefficient (Wildman–Crippen LogP) is 4.03. The molecule has 0 saturated heterocycles. The Hall–Kier alpha value is -1.86. The molecule has 0 bridgehead atoms. The van der Waals surface area contributed by atoms with Crippen molar-refractivity contribution in [2.24, 2.45) is 0 Å². The summed E-state index contributed by atoms with van der Waals surface area (Å²) in [5, 5.41) is 17.7. The van der Waals surface area contributed by atoms with E-state index in [1.54, 1.807) is 6.33 Å². The summed E-state index contributed by atoms with van der Waals surface area (Å²) in [6, 6.07) is 5.86. The zero-order valence-electron chi connectivity index (χ0n) is 13.0. The molecule has 0 amide bonds. The molecule has 0 fully saturated rings. The maximum atomic E-state index is 6.21. The summed E-state index contributed by atoms with van der Waals surface area (Å²) in [6.07, 6.45) is 2.39. The summed E-state index contributed by atoms with van der Waals surface area (Å²) in [5.41, 5.74) is 1.95. The van der Waals surface area contributed by atoms with Gasteiger partial charge in [0.15, 0.2) is 5.16 Å². The number of benzene rings is 1. The van der Waals surface area contributed by atoms with Gasteiger partial charge in [-0.15, -0.1) is 20.4 Å². The van der Waals surface area contributed by atoms with Gasteiger partial charge in [0, 0.05) is 11.4 Å². The van der Waals surface area contributed by atoms with E-state index in [2.05, 4.69) is 20.4 Å². The Morgan fingerprint density at radius 1 is 1.30 bits per heavy atom. The standard InChI is InChI=1S/C15H16ClN5OS/c1-4-13-18-19-14(22-13)10(3)23-15-20-17-8-21(15)11-6-5-9(2)12(16)7-11/h5-8,10H,4H2,1-3H3/t10-/m1/s1. The van der Waals surface area contributed by atoms with Crippen LogP contribution in [0.5, 0.6) is 0 Å². The second-order valence-corrected chi connectivity index (χ2v) is 6.78. The van der Waals surface area contributed by atoms with Gasteiger partial charge in [-0.2, -0.15) is 0 Å². The lowest BCUT2D eigenvalue weighted by atomic mass is 10.2. The summed E-state index contributed by atoms with van der Waals surface area (Å²) in [5.74, 6) is 1.22. The first kappa shape index (κ1) is 16.0. The molecule has 0 radical (unpaired) electrons. The van der Waals surface area contributed by atoms with Crippen LogP contribution < -0.4 is 0 Å². The van der Waals surface area contributed by atoms with E-state index < -0.39 is 0 Å². The molecule has 0 aliphatic heterocycles. The second kappa shape index (κ2) is 6.72. The molecule has 0 aliphatic carbocycles. The topological polar surface area (TPSA) is 69.6 Å². The summed E-state index contributed by atoms with van der Waals surface area (Å²) < 4.78 is 7.49. The molecule has 2 aromatic heterocycles. The van der Waals surface area contributed by atoms with Gasteiger partial charge in [0.05, 0.1) is 10.9 Å². The Bertz CT molecular complexity index is 816. The zero-order valence-corrected chi connectivity index (χ0v) is 14.6. The van der Waals surface area contributed by atoms with Crippen molar-refractivity contribution in [1.29, 1.82) is 0 Å². The van der Waals surface area contributed by atoms with Crippen LogP contribution in [-0.2, 0) is 6.42 Å². The van der Waals surface area contributed by atoms with E-state index in [1.165, 1.54) is 11.8 Å². The van der Waals surface area contributed by atoms with E-state index in [-0.39, 0.29) is 5.25 Å². The average molecular weight is 350 g/mol. The maximum absolute atomic E-state index is 6.21. The average Bonchev–Trinajstić information content (AvgIpc) is 3.19. The van der Waals surface area contributed by atoms with Crippen molar-refractivity contribution >= 4 is 23.4 Å². The normalized spacial score (nSPS) is 12.5. The Morgan fingerprint density at radius 2 is 2.13 bits per heavy atom. The maximum Gasteiger partial charge on any atom is 0.229 e. The quantitative estimate of drug-likeness (QED) is 0.648. The second-order valence-electron chi connectivity index (χ2n) is 5.06. The Balaban J connectivity index is 1.84. The first-order valence-electron chi connectivity index (χ1n) is 7.24. The van der Waals surface area contributed by atoms with Crippen molar-refractivity contribution in [2.45, 2.75) is 37.6 Å². The van der Waals surface area contributed by atoms with Crippen molar-refractivity contribution in [1.82, 2.24) is 25.0 Å². The van der Waals surface area contributed by atoms with Crippen LogP contribution >= 0.6 is 23.4 Å². The highest BCUT2D eigenvalue weighted by atomic mass is 35.5. The highest BCUT2D eigenvalue weighted by Gasteiger charge is 2.18. The van der Waals surface area contributed by atoms with Crippen molar-refractivity contribution in [2.75, 3.05) is 0 Å². The van der Waals surface area contributed by atoms with Crippen LogP contribution in [-0.4, -0.2) is 25.0 Å². The monoisotopic (exact) mass is 349 g/mol. The van der Waals surface area contributed by atoms with Crippen LogP contribution in [0.1, 0.15) is 36.4 Å². The number of thioether (sulfide) groups is 1. The van der Waals surface area contributed by atoms with Crippen LogP contribution in [0.25, 0.3) is 5.69 Å². The van der Waals surface area contributed by atoms with Crippen molar-refractivity contribution < 1.29 is 4.42 Å². The van der Waals surface area contributed by atoms with E-state index >= 15 is 0 Å². The number of nitrogens with zero attached hydrogens (tertiary/aromatic N) is 5. The van der Waals surface area contributed by atoms with Gasteiger partial charge < -0.3 is 4.42 Å². The number of hydrogen-bond donors (Lipinski definition) is 0. The number of aryl methyl sites for hydroxylation is 2. The molecule has 0 N–H and O–H groups in total. The van der Waals surface area contributed by atoms with E-state index in [1.807, 2.05) is 43.5 Å². The third kappa shape index (κ3) is 3.40. The number of hydrogen-bond acceptors (Lipinski definition) is 6. The minimum Gasteiger partial charge on any atom is -0.424 e. The van der Waals surface area contributed by atoms with Gasteiger partial charge in [-0.3, -0.25) is 4.57 Å². The van der Waals surface area contributed by atoms with Crippen LogP contribution in [0.4, 0.5) is 0 Å². The molecule has 0 aliphatic rings. The molecule has 120 valence electrons.